The number of esters is 1. The van der Waals surface area contributed by atoms with Crippen LogP contribution >= 0.6 is 7.82 Å². The summed E-state index contributed by atoms with van der Waals surface area (Å²) < 4.78 is 30.1. The Kier molecular flexibility index (Phi) is 44.8. The number of amides is 1. The number of likely N-dealkylation sites (N-methyl/N-ethyl adjacent to an activating group) is 1. The first-order chi connectivity index (χ1) is 31.9. The van der Waals surface area contributed by atoms with Crippen molar-refractivity contribution in [3.63, 3.8) is 0 Å². The summed E-state index contributed by atoms with van der Waals surface area (Å²) in [6.45, 7) is 6.67. The number of hydrogen-bond acceptors (Lipinski definition) is 7. The molecule has 3 atom stereocenters. The molecule has 9 nitrogen and oxygen atoms in total. The average Bonchev–Trinajstić information content (AvgIpc) is 3.27. The molecule has 0 saturated carbocycles. The molecule has 0 radical (unpaired) electrons. The normalized spacial score (nSPS) is 14.3. The Morgan fingerprint density at radius 1 is 0.545 bits per heavy atom. The van der Waals surface area contributed by atoms with E-state index in [9.17, 15) is 19.0 Å². The predicted octanol–water partition coefficient (Wildman–Crippen LogP) is 15.3. The van der Waals surface area contributed by atoms with Gasteiger partial charge in [-0.25, -0.2) is 0 Å². The third kappa shape index (κ3) is 46.8. The van der Waals surface area contributed by atoms with Crippen LogP contribution in [0.2, 0.25) is 0 Å². The number of unbranched alkanes of at least 4 members (excludes halogenated alkanes) is 26. The van der Waals surface area contributed by atoms with E-state index in [1.54, 1.807) is 0 Å². The Hall–Kier alpha value is -2.29. The van der Waals surface area contributed by atoms with E-state index < -0.39 is 26.6 Å². The van der Waals surface area contributed by atoms with Gasteiger partial charge in [0.2, 0.25) is 5.91 Å². The van der Waals surface area contributed by atoms with Crippen LogP contribution in [0.3, 0.4) is 0 Å². The highest BCUT2D eigenvalue weighted by molar-refractivity contribution is 7.45. The summed E-state index contributed by atoms with van der Waals surface area (Å²) in [7, 11) is 1.16. The zero-order valence-corrected chi connectivity index (χ0v) is 44.5. The Bertz CT molecular complexity index is 1320. The molecular formula is C56H103N2O7P. The maximum Gasteiger partial charge on any atom is 0.306 e. The Labute approximate surface area is 407 Å². The number of allylic oxidation sites excluding steroid dienone is 9. The van der Waals surface area contributed by atoms with Crippen molar-refractivity contribution in [2.24, 2.45) is 0 Å². The van der Waals surface area contributed by atoms with E-state index >= 15 is 0 Å². The van der Waals surface area contributed by atoms with Crippen molar-refractivity contribution in [2.45, 2.75) is 245 Å². The van der Waals surface area contributed by atoms with E-state index in [1.807, 2.05) is 33.3 Å². The molecule has 0 saturated heterocycles. The van der Waals surface area contributed by atoms with Crippen molar-refractivity contribution in [3.05, 3.63) is 60.8 Å². The molecule has 384 valence electrons. The van der Waals surface area contributed by atoms with Crippen LogP contribution < -0.4 is 10.2 Å². The number of hydrogen-bond donors (Lipinski definition) is 1. The highest BCUT2D eigenvalue weighted by atomic mass is 31.2. The molecular weight excluding hydrogens is 844 g/mol. The number of carbonyl (C=O) groups is 2. The fourth-order valence-electron chi connectivity index (χ4n) is 7.52. The van der Waals surface area contributed by atoms with Gasteiger partial charge in [0.1, 0.15) is 19.3 Å². The Morgan fingerprint density at radius 3 is 1.50 bits per heavy atom. The minimum Gasteiger partial charge on any atom is -0.756 e. The lowest BCUT2D eigenvalue weighted by atomic mass is 10.0. The third-order valence-electron chi connectivity index (χ3n) is 11.7. The highest BCUT2D eigenvalue weighted by Gasteiger charge is 2.27. The van der Waals surface area contributed by atoms with Crippen LogP contribution in [0.25, 0.3) is 0 Å². The molecule has 0 heterocycles. The molecule has 0 bridgehead atoms. The van der Waals surface area contributed by atoms with E-state index in [-0.39, 0.29) is 24.9 Å². The Morgan fingerprint density at radius 2 is 0.985 bits per heavy atom. The molecule has 10 heteroatoms. The van der Waals surface area contributed by atoms with Crippen LogP contribution in [0.4, 0.5) is 0 Å². The standard InChI is InChI=1S/C56H103N2O7P/c1-7-10-13-16-19-22-25-28-29-31-33-36-39-42-45-48-55(59)57-53(52-64-66(61,62)63-51-50-58(4,5)6)54(47-44-41-38-35-32-27-24-21-18-15-12-9-3)65-56(60)49-46-43-40-37-34-30-26-23-20-17-14-11-8-2/h10,13,16,19,22,25,30,34,44,47,53-54H,7-9,11-12,14-15,17-18,20-21,23-24,26-29,31-33,35-43,45-46,48-52H2,1-6H3,(H-,57,59,61,62)/b13-10+,19-16+,25-22+,34-30-,47-44+. The summed E-state index contributed by atoms with van der Waals surface area (Å²) in [4.78, 5) is 39.7. The van der Waals surface area contributed by atoms with Gasteiger partial charge in [-0.2, -0.15) is 0 Å². The summed E-state index contributed by atoms with van der Waals surface area (Å²) in [6, 6.07) is -0.899. The molecule has 0 fully saturated rings. The molecule has 1 N–H and O–H groups in total. The van der Waals surface area contributed by atoms with Gasteiger partial charge < -0.3 is 28.5 Å². The van der Waals surface area contributed by atoms with E-state index in [4.69, 9.17) is 13.8 Å². The van der Waals surface area contributed by atoms with Gasteiger partial charge in [-0.15, -0.1) is 0 Å². The summed E-state index contributed by atoms with van der Waals surface area (Å²) in [5.41, 5.74) is 0. The van der Waals surface area contributed by atoms with E-state index in [0.29, 0.717) is 23.9 Å². The molecule has 0 spiro atoms. The molecule has 66 heavy (non-hydrogen) atoms. The zero-order valence-electron chi connectivity index (χ0n) is 43.6. The first kappa shape index (κ1) is 63.7. The molecule has 0 aromatic heterocycles. The van der Waals surface area contributed by atoms with Gasteiger partial charge in [0.15, 0.2) is 0 Å². The Balaban J connectivity index is 5.44. The molecule has 0 aliphatic rings. The number of rotatable bonds is 48. The predicted molar refractivity (Wildman–Crippen MR) is 279 cm³/mol. The molecule has 3 unspecified atom stereocenters. The van der Waals surface area contributed by atoms with Crippen LogP contribution in [-0.4, -0.2) is 69.4 Å². The van der Waals surface area contributed by atoms with Crippen LogP contribution in [0, 0.1) is 0 Å². The number of nitrogens with one attached hydrogen (secondary N) is 1. The maximum atomic E-state index is 13.4. The van der Waals surface area contributed by atoms with Gasteiger partial charge in [-0.3, -0.25) is 14.2 Å². The largest absolute Gasteiger partial charge is 0.756 e. The highest BCUT2D eigenvalue weighted by Crippen LogP contribution is 2.38. The quantitative estimate of drug-likeness (QED) is 0.0161. The van der Waals surface area contributed by atoms with Crippen molar-refractivity contribution in [3.8, 4) is 0 Å². The molecule has 1 amide bonds. The van der Waals surface area contributed by atoms with E-state index in [2.05, 4.69) is 74.7 Å². The molecule has 0 aromatic carbocycles. The summed E-state index contributed by atoms with van der Waals surface area (Å²) in [6.07, 6.45) is 56.1. The van der Waals surface area contributed by atoms with Crippen molar-refractivity contribution in [1.29, 1.82) is 0 Å². The molecule has 0 aromatic rings. The first-order valence-corrected chi connectivity index (χ1v) is 28.6. The molecule has 0 aliphatic heterocycles. The smallest absolute Gasteiger partial charge is 0.306 e. The van der Waals surface area contributed by atoms with Gasteiger partial charge in [-0.05, 0) is 76.7 Å². The molecule has 0 aliphatic carbocycles. The number of phosphoric acid groups is 1. The topological polar surface area (TPSA) is 114 Å². The summed E-state index contributed by atoms with van der Waals surface area (Å²) in [5.74, 6) is -0.575. The van der Waals surface area contributed by atoms with Crippen molar-refractivity contribution in [2.75, 3.05) is 40.9 Å². The SMILES string of the molecule is CC/C=C/C=C/C=C/CCCCCCCCCC(=O)NC(COP(=O)([O-])OCC[N+](C)(C)C)C(/C=C/CCCCCCCCCCCC)OC(=O)CCCCC/C=C\CCCCCCCC. The van der Waals surface area contributed by atoms with Gasteiger partial charge in [0, 0.05) is 12.8 Å². The second-order valence-corrected chi connectivity index (χ2v) is 20.8. The van der Waals surface area contributed by atoms with Crippen molar-refractivity contribution < 1.29 is 37.3 Å². The van der Waals surface area contributed by atoms with Crippen molar-refractivity contribution >= 4 is 19.7 Å². The summed E-state index contributed by atoms with van der Waals surface area (Å²) >= 11 is 0. The second-order valence-electron chi connectivity index (χ2n) is 19.4. The maximum absolute atomic E-state index is 13.4. The lowest BCUT2D eigenvalue weighted by Crippen LogP contribution is -2.47. The summed E-state index contributed by atoms with van der Waals surface area (Å²) in [5, 5.41) is 3.00. The number of quaternary nitrogens is 1. The fraction of sp³-hybridized carbons (Fsp3) is 0.786. The average molecular weight is 947 g/mol. The number of carbonyl (C=O) groups excluding carboxylic acids is 2. The van der Waals surface area contributed by atoms with Crippen LogP contribution in [0.15, 0.2) is 60.8 Å². The number of ether oxygens (including phenoxy) is 1. The fourth-order valence-corrected chi connectivity index (χ4v) is 8.24. The lowest BCUT2D eigenvalue weighted by molar-refractivity contribution is -0.870. The lowest BCUT2D eigenvalue weighted by Gasteiger charge is -2.30. The van der Waals surface area contributed by atoms with Gasteiger partial charge in [0.05, 0.1) is 33.8 Å². The van der Waals surface area contributed by atoms with Crippen LogP contribution in [0.5, 0.6) is 0 Å². The second kappa shape index (κ2) is 46.4. The van der Waals surface area contributed by atoms with Gasteiger partial charge in [0.25, 0.3) is 7.82 Å². The zero-order chi connectivity index (χ0) is 48.7. The van der Waals surface area contributed by atoms with E-state index in [0.717, 1.165) is 83.5 Å². The van der Waals surface area contributed by atoms with Gasteiger partial charge >= 0.3 is 5.97 Å². The number of phosphoric ester groups is 1. The number of nitrogens with zero attached hydrogens (tertiary/aromatic N) is 1. The first-order valence-electron chi connectivity index (χ1n) is 27.1. The minimum absolute atomic E-state index is 0.0285. The van der Waals surface area contributed by atoms with Crippen LogP contribution in [0.1, 0.15) is 233 Å². The van der Waals surface area contributed by atoms with Crippen LogP contribution in [-0.2, 0) is 27.9 Å². The minimum atomic E-state index is -4.70. The van der Waals surface area contributed by atoms with E-state index in [1.165, 1.54) is 109 Å². The van der Waals surface area contributed by atoms with Crippen molar-refractivity contribution in [1.82, 2.24) is 5.32 Å². The monoisotopic (exact) mass is 947 g/mol. The van der Waals surface area contributed by atoms with Gasteiger partial charge in [-0.1, -0.05) is 204 Å². The third-order valence-corrected chi connectivity index (χ3v) is 12.7. The molecule has 0 rings (SSSR count).